The minimum Gasteiger partial charge on any atom is -0.368 e. The van der Waals surface area contributed by atoms with Gasteiger partial charge in [-0.3, -0.25) is 4.90 Å². The number of nitrogen functional groups attached to an aromatic ring is 1. The van der Waals surface area contributed by atoms with Crippen LogP contribution < -0.4 is 11.1 Å². The molecule has 1 aromatic heterocycles. The molecule has 5 nitrogen and oxygen atoms in total. The van der Waals surface area contributed by atoms with Crippen LogP contribution in [0.15, 0.2) is 36.5 Å². The van der Waals surface area contributed by atoms with Gasteiger partial charge in [0.15, 0.2) is 0 Å². The molecule has 0 spiro atoms. The standard InChI is InChI=1S/C17H23N5/c1-2-14-10-19-17(18)21-16(14)20-15-8-9-22(12-15)11-13-6-4-3-5-7-13/h3-7,10,15H,2,8-9,11-12H2,1H3,(H3,18,19,20,21)/t15-/m0/s1. The van der Waals surface area contributed by atoms with Gasteiger partial charge in [0.1, 0.15) is 5.82 Å². The molecule has 1 aliphatic rings. The maximum Gasteiger partial charge on any atom is 0.221 e. The fourth-order valence-electron chi connectivity index (χ4n) is 2.93. The van der Waals surface area contributed by atoms with Gasteiger partial charge < -0.3 is 11.1 Å². The number of rotatable bonds is 5. The molecule has 1 atom stereocenters. The smallest absolute Gasteiger partial charge is 0.221 e. The average molecular weight is 297 g/mol. The predicted octanol–water partition coefficient (Wildman–Crippen LogP) is 2.31. The van der Waals surface area contributed by atoms with Crippen LogP contribution in [0.2, 0.25) is 0 Å². The molecular formula is C17H23N5. The van der Waals surface area contributed by atoms with Gasteiger partial charge >= 0.3 is 0 Å². The van der Waals surface area contributed by atoms with Crippen LogP contribution in [0.4, 0.5) is 11.8 Å². The Labute approximate surface area is 131 Å². The second-order valence-electron chi connectivity index (χ2n) is 5.81. The van der Waals surface area contributed by atoms with Gasteiger partial charge in [-0.15, -0.1) is 0 Å². The van der Waals surface area contributed by atoms with Crippen LogP contribution in [-0.2, 0) is 13.0 Å². The van der Waals surface area contributed by atoms with Crippen LogP contribution in [0.1, 0.15) is 24.5 Å². The van der Waals surface area contributed by atoms with Crippen LogP contribution in [0.3, 0.4) is 0 Å². The summed E-state index contributed by atoms with van der Waals surface area (Å²) < 4.78 is 0. The highest BCUT2D eigenvalue weighted by molar-refractivity contribution is 5.47. The molecular weight excluding hydrogens is 274 g/mol. The summed E-state index contributed by atoms with van der Waals surface area (Å²) in [6.45, 7) is 5.25. The first-order valence-electron chi connectivity index (χ1n) is 7.89. The van der Waals surface area contributed by atoms with Crippen LogP contribution in [0, 0.1) is 0 Å². The van der Waals surface area contributed by atoms with E-state index in [4.69, 9.17) is 5.73 Å². The summed E-state index contributed by atoms with van der Waals surface area (Å²) in [5.41, 5.74) is 8.20. The van der Waals surface area contributed by atoms with E-state index in [2.05, 4.69) is 57.4 Å². The molecule has 0 radical (unpaired) electrons. The minimum atomic E-state index is 0.332. The molecule has 0 amide bonds. The van der Waals surface area contributed by atoms with E-state index in [1.807, 2.05) is 6.20 Å². The van der Waals surface area contributed by atoms with Gasteiger partial charge in [-0.2, -0.15) is 4.98 Å². The van der Waals surface area contributed by atoms with E-state index in [-0.39, 0.29) is 0 Å². The first-order chi connectivity index (χ1) is 10.7. The van der Waals surface area contributed by atoms with Crippen LogP contribution in [-0.4, -0.2) is 34.0 Å². The van der Waals surface area contributed by atoms with E-state index < -0.39 is 0 Å². The number of anilines is 2. The molecule has 0 bridgehead atoms. The summed E-state index contributed by atoms with van der Waals surface area (Å²) in [5.74, 6) is 1.22. The van der Waals surface area contributed by atoms with Gasteiger partial charge in [0, 0.05) is 37.4 Å². The monoisotopic (exact) mass is 297 g/mol. The van der Waals surface area contributed by atoms with Crippen molar-refractivity contribution in [3.05, 3.63) is 47.7 Å². The maximum atomic E-state index is 5.71. The quantitative estimate of drug-likeness (QED) is 0.886. The summed E-state index contributed by atoms with van der Waals surface area (Å²) in [4.78, 5) is 10.9. The molecule has 2 aromatic rings. The Morgan fingerprint density at radius 3 is 2.91 bits per heavy atom. The summed E-state index contributed by atoms with van der Waals surface area (Å²) in [5, 5.41) is 3.54. The van der Waals surface area contributed by atoms with E-state index >= 15 is 0 Å². The molecule has 1 aromatic carbocycles. The lowest BCUT2D eigenvalue weighted by Crippen LogP contribution is -2.27. The summed E-state index contributed by atoms with van der Waals surface area (Å²) in [6, 6.07) is 11.0. The molecule has 116 valence electrons. The molecule has 1 fully saturated rings. The Balaban J connectivity index is 1.60. The number of nitrogens with one attached hydrogen (secondary N) is 1. The zero-order valence-electron chi connectivity index (χ0n) is 13.0. The van der Waals surface area contributed by atoms with Crippen molar-refractivity contribution in [2.45, 2.75) is 32.4 Å². The second kappa shape index (κ2) is 6.75. The normalized spacial score (nSPS) is 18.5. The number of nitrogens with zero attached hydrogens (tertiary/aromatic N) is 3. The fourth-order valence-corrected chi connectivity index (χ4v) is 2.93. The van der Waals surface area contributed by atoms with Crippen molar-refractivity contribution < 1.29 is 0 Å². The lowest BCUT2D eigenvalue weighted by atomic mass is 10.2. The van der Waals surface area contributed by atoms with Crippen molar-refractivity contribution >= 4 is 11.8 Å². The van der Waals surface area contributed by atoms with E-state index in [0.717, 1.165) is 43.9 Å². The number of hydrogen-bond donors (Lipinski definition) is 2. The number of benzene rings is 1. The van der Waals surface area contributed by atoms with Gasteiger partial charge in [0.25, 0.3) is 0 Å². The first kappa shape index (κ1) is 14.8. The maximum absolute atomic E-state index is 5.71. The summed E-state index contributed by atoms with van der Waals surface area (Å²) in [6.07, 6.45) is 3.85. The van der Waals surface area contributed by atoms with Gasteiger partial charge in [-0.25, -0.2) is 4.98 Å². The van der Waals surface area contributed by atoms with Crippen molar-refractivity contribution in [2.24, 2.45) is 0 Å². The summed E-state index contributed by atoms with van der Waals surface area (Å²) >= 11 is 0. The molecule has 0 saturated carbocycles. The Bertz CT molecular complexity index is 614. The number of aromatic nitrogens is 2. The highest BCUT2D eigenvalue weighted by atomic mass is 15.2. The molecule has 5 heteroatoms. The molecule has 1 saturated heterocycles. The van der Waals surface area contributed by atoms with E-state index in [9.17, 15) is 0 Å². The molecule has 22 heavy (non-hydrogen) atoms. The zero-order valence-corrected chi connectivity index (χ0v) is 13.0. The van der Waals surface area contributed by atoms with Crippen LogP contribution in [0.5, 0.6) is 0 Å². The van der Waals surface area contributed by atoms with Crippen molar-refractivity contribution in [3.8, 4) is 0 Å². The van der Waals surface area contributed by atoms with Crippen molar-refractivity contribution in [1.29, 1.82) is 0 Å². The Kier molecular flexibility index (Phi) is 4.53. The van der Waals surface area contributed by atoms with E-state index in [1.54, 1.807) is 0 Å². The van der Waals surface area contributed by atoms with Crippen LogP contribution >= 0.6 is 0 Å². The SMILES string of the molecule is CCc1cnc(N)nc1N[C@H]1CCN(Cc2ccccc2)C1. The van der Waals surface area contributed by atoms with Gasteiger partial charge in [-0.05, 0) is 18.4 Å². The third kappa shape index (κ3) is 3.54. The Morgan fingerprint density at radius 1 is 1.32 bits per heavy atom. The number of aryl methyl sites for hydroxylation is 1. The second-order valence-corrected chi connectivity index (χ2v) is 5.81. The van der Waals surface area contributed by atoms with Crippen molar-refractivity contribution in [1.82, 2.24) is 14.9 Å². The van der Waals surface area contributed by atoms with E-state index in [1.165, 1.54) is 5.56 Å². The molecule has 3 N–H and O–H groups in total. The molecule has 0 unspecified atom stereocenters. The van der Waals surface area contributed by atoms with Gasteiger partial charge in [0.05, 0.1) is 0 Å². The van der Waals surface area contributed by atoms with E-state index in [0.29, 0.717) is 12.0 Å². The van der Waals surface area contributed by atoms with Gasteiger partial charge in [0.2, 0.25) is 5.95 Å². The summed E-state index contributed by atoms with van der Waals surface area (Å²) in [7, 11) is 0. The molecule has 1 aliphatic heterocycles. The molecule has 3 rings (SSSR count). The third-order valence-corrected chi connectivity index (χ3v) is 4.13. The zero-order chi connectivity index (χ0) is 15.4. The van der Waals surface area contributed by atoms with Crippen molar-refractivity contribution in [3.63, 3.8) is 0 Å². The number of hydrogen-bond acceptors (Lipinski definition) is 5. The fraction of sp³-hybridized carbons (Fsp3) is 0.412. The Morgan fingerprint density at radius 2 is 2.14 bits per heavy atom. The van der Waals surface area contributed by atoms with Gasteiger partial charge in [-0.1, -0.05) is 37.3 Å². The Hall–Kier alpha value is -2.14. The topological polar surface area (TPSA) is 67.1 Å². The number of likely N-dealkylation sites (tertiary alicyclic amines) is 1. The van der Waals surface area contributed by atoms with Crippen LogP contribution in [0.25, 0.3) is 0 Å². The minimum absolute atomic E-state index is 0.332. The first-order valence-corrected chi connectivity index (χ1v) is 7.89. The molecule has 2 heterocycles. The largest absolute Gasteiger partial charge is 0.368 e. The number of nitrogens with two attached hydrogens (primary N) is 1. The lowest BCUT2D eigenvalue weighted by Gasteiger charge is -2.18. The van der Waals surface area contributed by atoms with Crippen molar-refractivity contribution in [2.75, 3.05) is 24.1 Å². The highest BCUT2D eigenvalue weighted by Gasteiger charge is 2.23. The highest BCUT2D eigenvalue weighted by Crippen LogP contribution is 2.20. The predicted molar refractivity (Wildman–Crippen MR) is 89.6 cm³/mol. The third-order valence-electron chi connectivity index (χ3n) is 4.13. The average Bonchev–Trinajstić information content (AvgIpc) is 2.96. The molecule has 0 aliphatic carbocycles. The lowest BCUT2D eigenvalue weighted by molar-refractivity contribution is 0.328.